The quantitative estimate of drug-likeness (QED) is 0.104. The summed E-state index contributed by atoms with van der Waals surface area (Å²) in [5, 5.41) is 0. The molecule has 0 aliphatic rings. The molecule has 0 aromatic carbocycles. The molecule has 0 radical (unpaired) electrons. The van der Waals surface area contributed by atoms with Gasteiger partial charge >= 0.3 is 5.97 Å². The van der Waals surface area contributed by atoms with Crippen molar-refractivity contribution < 1.29 is 19.0 Å². The van der Waals surface area contributed by atoms with Crippen molar-refractivity contribution in [2.75, 3.05) is 13.2 Å². The van der Waals surface area contributed by atoms with Crippen LogP contribution in [0, 0.1) is 0 Å². The molecule has 0 spiro atoms. The molecule has 0 aromatic rings. The third kappa shape index (κ3) is 21.9. The molecule has 0 fully saturated rings. The van der Waals surface area contributed by atoms with Gasteiger partial charge in [0, 0.05) is 20.1 Å². The van der Waals surface area contributed by atoms with Crippen LogP contribution in [0.15, 0.2) is 0 Å². The molecule has 0 bridgehead atoms. The predicted molar refractivity (Wildman–Crippen MR) is 122 cm³/mol. The van der Waals surface area contributed by atoms with E-state index in [1.807, 2.05) is 6.92 Å². The number of hydrogen-bond acceptors (Lipinski definition) is 4. The third-order valence-electron chi connectivity index (χ3n) is 5.27. The van der Waals surface area contributed by atoms with Gasteiger partial charge in [0.15, 0.2) is 6.29 Å². The Bertz CT molecular complexity index is 330. The molecular weight excluding hydrogens is 364 g/mol. The summed E-state index contributed by atoms with van der Waals surface area (Å²) in [7, 11) is 0. The zero-order chi connectivity index (χ0) is 21.6. The molecule has 0 rings (SSSR count). The van der Waals surface area contributed by atoms with Crippen LogP contribution in [0.5, 0.6) is 0 Å². The van der Waals surface area contributed by atoms with E-state index < -0.39 is 0 Å². The Morgan fingerprint density at radius 1 is 0.655 bits per heavy atom. The van der Waals surface area contributed by atoms with E-state index in [2.05, 4.69) is 13.8 Å². The second kappa shape index (κ2) is 22.1. The third-order valence-corrected chi connectivity index (χ3v) is 5.27. The first-order valence-corrected chi connectivity index (χ1v) is 12.5. The van der Waals surface area contributed by atoms with Crippen molar-refractivity contribution in [1.82, 2.24) is 0 Å². The highest BCUT2D eigenvalue weighted by Crippen LogP contribution is 2.14. The van der Waals surface area contributed by atoms with Gasteiger partial charge in [0.05, 0.1) is 6.10 Å². The number of esters is 1. The highest BCUT2D eigenvalue weighted by atomic mass is 16.7. The second-order valence-corrected chi connectivity index (χ2v) is 8.41. The lowest BCUT2D eigenvalue weighted by molar-refractivity contribution is -0.148. The molecule has 0 saturated heterocycles. The van der Waals surface area contributed by atoms with Crippen LogP contribution in [0.3, 0.4) is 0 Å². The summed E-state index contributed by atoms with van der Waals surface area (Å²) in [5.74, 6) is -0.181. The van der Waals surface area contributed by atoms with Gasteiger partial charge in [0.25, 0.3) is 0 Å². The summed E-state index contributed by atoms with van der Waals surface area (Å²) in [6, 6.07) is 0. The van der Waals surface area contributed by atoms with Crippen LogP contribution < -0.4 is 0 Å². The van der Waals surface area contributed by atoms with Gasteiger partial charge in [0.2, 0.25) is 0 Å². The minimum Gasteiger partial charge on any atom is -0.463 e. The Balaban J connectivity index is 3.89. The topological polar surface area (TPSA) is 44.8 Å². The summed E-state index contributed by atoms with van der Waals surface area (Å²) in [6.45, 7) is 9.59. The van der Waals surface area contributed by atoms with Gasteiger partial charge in [-0.3, -0.25) is 4.79 Å². The largest absolute Gasteiger partial charge is 0.463 e. The molecule has 0 heterocycles. The van der Waals surface area contributed by atoms with Crippen molar-refractivity contribution in [2.45, 2.75) is 143 Å². The van der Waals surface area contributed by atoms with Crippen molar-refractivity contribution >= 4 is 5.97 Å². The van der Waals surface area contributed by atoms with E-state index in [-0.39, 0.29) is 18.4 Å². The van der Waals surface area contributed by atoms with E-state index in [1.165, 1.54) is 71.1 Å². The van der Waals surface area contributed by atoms with Crippen molar-refractivity contribution in [1.29, 1.82) is 0 Å². The summed E-state index contributed by atoms with van der Waals surface area (Å²) in [4.78, 5) is 10.9. The van der Waals surface area contributed by atoms with Crippen LogP contribution in [-0.4, -0.2) is 31.6 Å². The van der Waals surface area contributed by atoms with Crippen molar-refractivity contribution in [3.05, 3.63) is 0 Å². The van der Waals surface area contributed by atoms with Crippen molar-refractivity contribution in [3.63, 3.8) is 0 Å². The number of carbonyl (C=O) groups excluding carboxylic acids is 1. The minimum absolute atomic E-state index is 0.0346. The summed E-state index contributed by atoms with van der Waals surface area (Å²) >= 11 is 0. The van der Waals surface area contributed by atoms with Crippen LogP contribution in [0.25, 0.3) is 0 Å². The number of rotatable bonds is 22. The summed E-state index contributed by atoms with van der Waals surface area (Å²) < 4.78 is 17.3. The maximum absolute atomic E-state index is 10.9. The first kappa shape index (κ1) is 28.4. The first-order chi connectivity index (χ1) is 14.1. The average Bonchev–Trinajstić information content (AvgIpc) is 2.68. The average molecular weight is 415 g/mol. The lowest BCUT2D eigenvalue weighted by Crippen LogP contribution is -2.19. The highest BCUT2D eigenvalue weighted by Gasteiger charge is 2.10. The first-order valence-electron chi connectivity index (χ1n) is 12.5. The van der Waals surface area contributed by atoms with Gasteiger partial charge in [-0.15, -0.1) is 0 Å². The zero-order valence-corrected chi connectivity index (χ0v) is 20.0. The van der Waals surface area contributed by atoms with Gasteiger partial charge in [-0.2, -0.15) is 0 Å². The zero-order valence-electron chi connectivity index (χ0n) is 20.0. The molecule has 1 atom stereocenters. The lowest BCUT2D eigenvalue weighted by Gasteiger charge is -2.19. The second-order valence-electron chi connectivity index (χ2n) is 8.41. The van der Waals surface area contributed by atoms with Crippen LogP contribution in [-0.2, 0) is 19.0 Å². The Morgan fingerprint density at radius 3 is 1.59 bits per heavy atom. The number of hydrogen-bond donors (Lipinski definition) is 0. The number of carbonyl (C=O) groups is 1. The predicted octanol–water partition coefficient (Wildman–Crippen LogP) is 7.58. The molecule has 0 aliphatic carbocycles. The molecule has 1 unspecified atom stereocenters. The van der Waals surface area contributed by atoms with E-state index in [0.29, 0.717) is 0 Å². The van der Waals surface area contributed by atoms with E-state index in [1.54, 1.807) is 0 Å². The lowest BCUT2D eigenvalue weighted by atomic mass is 10.1. The summed E-state index contributed by atoms with van der Waals surface area (Å²) in [6.07, 6.45) is 19.2. The van der Waals surface area contributed by atoms with Gasteiger partial charge in [0.1, 0.15) is 0 Å². The Kier molecular flexibility index (Phi) is 21.6. The van der Waals surface area contributed by atoms with Crippen LogP contribution in [0.1, 0.15) is 130 Å². The van der Waals surface area contributed by atoms with E-state index in [9.17, 15) is 4.79 Å². The molecular formula is C25H50O4. The van der Waals surface area contributed by atoms with E-state index in [0.717, 1.165) is 51.7 Å². The normalized spacial score (nSPS) is 12.4. The highest BCUT2D eigenvalue weighted by molar-refractivity contribution is 5.66. The molecule has 0 aromatic heterocycles. The maximum atomic E-state index is 10.9. The molecule has 0 amide bonds. The van der Waals surface area contributed by atoms with Crippen LogP contribution in [0.4, 0.5) is 0 Å². The molecule has 4 nitrogen and oxygen atoms in total. The SMILES string of the molecule is CCCCCCCOC(CCCCCCC(C)OC(C)=O)OCCCCCCC. The fourth-order valence-electron chi connectivity index (χ4n) is 3.49. The molecule has 29 heavy (non-hydrogen) atoms. The Hall–Kier alpha value is -0.610. The smallest absolute Gasteiger partial charge is 0.302 e. The maximum Gasteiger partial charge on any atom is 0.302 e. The Labute approximate surface area is 181 Å². The van der Waals surface area contributed by atoms with Crippen LogP contribution in [0.2, 0.25) is 0 Å². The van der Waals surface area contributed by atoms with Gasteiger partial charge in [-0.1, -0.05) is 78.1 Å². The van der Waals surface area contributed by atoms with Crippen LogP contribution >= 0.6 is 0 Å². The van der Waals surface area contributed by atoms with Crippen molar-refractivity contribution in [2.24, 2.45) is 0 Å². The minimum atomic E-state index is -0.181. The molecule has 174 valence electrons. The molecule has 0 aliphatic heterocycles. The van der Waals surface area contributed by atoms with E-state index >= 15 is 0 Å². The molecule has 4 heteroatoms. The monoisotopic (exact) mass is 414 g/mol. The van der Waals surface area contributed by atoms with Gasteiger partial charge in [-0.05, 0) is 45.4 Å². The summed E-state index contributed by atoms with van der Waals surface area (Å²) in [5.41, 5.74) is 0. The Morgan fingerprint density at radius 2 is 1.10 bits per heavy atom. The van der Waals surface area contributed by atoms with Gasteiger partial charge in [-0.25, -0.2) is 0 Å². The fourth-order valence-corrected chi connectivity index (χ4v) is 3.49. The number of ether oxygens (including phenoxy) is 3. The number of unbranched alkanes of at least 4 members (excludes halogenated alkanes) is 11. The van der Waals surface area contributed by atoms with E-state index in [4.69, 9.17) is 14.2 Å². The fraction of sp³-hybridized carbons (Fsp3) is 0.960. The molecule has 0 saturated carbocycles. The standard InChI is InChI=1S/C25H50O4/c1-5-7-9-13-17-21-27-25(28-22-18-14-10-8-6-2)20-16-12-11-15-19-23(3)29-24(4)26/h23,25H,5-22H2,1-4H3. The molecule has 0 N–H and O–H groups in total. The van der Waals surface area contributed by atoms with Gasteiger partial charge < -0.3 is 14.2 Å². The van der Waals surface area contributed by atoms with Crippen molar-refractivity contribution in [3.8, 4) is 0 Å².